The predicted molar refractivity (Wildman–Crippen MR) is 126 cm³/mol. The van der Waals surface area contributed by atoms with Crippen molar-refractivity contribution in [2.45, 2.75) is 41.0 Å². The van der Waals surface area contributed by atoms with E-state index in [2.05, 4.69) is 107 Å². The van der Waals surface area contributed by atoms with E-state index in [-0.39, 0.29) is 0 Å². The van der Waals surface area contributed by atoms with Crippen LogP contribution in [0.4, 0.5) is 0 Å². The van der Waals surface area contributed by atoms with Crippen LogP contribution in [0.2, 0.25) is 0 Å². The quantitative estimate of drug-likeness (QED) is 0.430. The highest BCUT2D eigenvalue weighted by atomic mass is 14.1. The topological polar surface area (TPSA) is 0 Å². The molecule has 0 heterocycles. The third-order valence-corrected chi connectivity index (χ3v) is 5.09. The molecule has 0 aromatic heterocycles. The number of benzene rings is 2. The normalized spacial score (nSPS) is 13.2. The molecule has 0 aliphatic rings. The molecule has 0 radical (unpaired) electrons. The summed E-state index contributed by atoms with van der Waals surface area (Å²) >= 11 is 0. The van der Waals surface area contributed by atoms with Crippen molar-refractivity contribution in [1.29, 1.82) is 0 Å². The standard InChI is InChI=1S/C28H32/c1-7-11-15-23(8-2)24(9-3)19-25(10-4)26-18-17-22(6)28(20-26)27-16-13-12-14-21(27)5/h7,9-20H,4,8H2,1-3,5-6H3/b11-7-,23-15+,24-9+,25-19+. The fourth-order valence-corrected chi connectivity index (χ4v) is 3.39. The van der Waals surface area contributed by atoms with Crippen LogP contribution < -0.4 is 0 Å². The minimum atomic E-state index is 0.993. The first-order valence-electron chi connectivity index (χ1n) is 10.0. The summed E-state index contributed by atoms with van der Waals surface area (Å²) in [6.45, 7) is 14.8. The molecule has 0 aliphatic carbocycles. The lowest BCUT2D eigenvalue weighted by atomic mass is 9.91. The second-order valence-corrected chi connectivity index (χ2v) is 6.96. The largest absolute Gasteiger partial charge is 0.0984 e. The number of hydrogen-bond donors (Lipinski definition) is 0. The summed E-state index contributed by atoms with van der Waals surface area (Å²) in [5, 5.41) is 0. The number of rotatable bonds is 7. The van der Waals surface area contributed by atoms with Gasteiger partial charge in [-0.1, -0.05) is 80.3 Å². The maximum atomic E-state index is 4.09. The van der Waals surface area contributed by atoms with Crippen LogP contribution in [-0.4, -0.2) is 0 Å². The molecule has 2 rings (SSSR count). The fourth-order valence-electron chi connectivity index (χ4n) is 3.39. The summed E-state index contributed by atoms with van der Waals surface area (Å²) in [6.07, 6.45) is 13.7. The van der Waals surface area contributed by atoms with E-state index < -0.39 is 0 Å². The van der Waals surface area contributed by atoms with Gasteiger partial charge in [-0.3, -0.25) is 0 Å². The van der Waals surface area contributed by atoms with Gasteiger partial charge in [0.15, 0.2) is 0 Å². The van der Waals surface area contributed by atoms with Crippen LogP contribution in [0.15, 0.2) is 96.6 Å². The van der Waals surface area contributed by atoms with E-state index in [0.717, 1.165) is 12.0 Å². The zero-order valence-corrected chi connectivity index (χ0v) is 17.9. The molecule has 0 unspecified atom stereocenters. The van der Waals surface area contributed by atoms with Gasteiger partial charge in [0.05, 0.1) is 0 Å². The molecule has 0 N–H and O–H groups in total. The number of hydrogen-bond acceptors (Lipinski definition) is 0. The van der Waals surface area contributed by atoms with Gasteiger partial charge in [-0.2, -0.15) is 0 Å². The van der Waals surface area contributed by atoms with Crippen LogP contribution in [0.3, 0.4) is 0 Å². The van der Waals surface area contributed by atoms with Crippen molar-refractivity contribution in [2.24, 2.45) is 0 Å². The number of allylic oxidation sites excluding steroid dienone is 9. The summed E-state index contributed by atoms with van der Waals surface area (Å²) in [7, 11) is 0. The maximum Gasteiger partial charge on any atom is -0.0146 e. The van der Waals surface area contributed by atoms with Crippen LogP contribution in [0, 0.1) is 13.8 Å². The molecule has 28 heavy (non-hydrogen) atoms. The summed E-state index contributed by atoms with van der Waals surface area (Å²) < 4.78 is 0. The summed E-state index contributed by atoms with van der Waals surface area (Å²) in [6, 6.07) is 15.3. The highest BCUT2D eigenvalue weighted by Gasteiger charge is 2.08. The lowest BCUT2D eigenvalue weighted by molar-refractivity contribution is 1.12. The molecule has 0 fully saturated rings. The van der Waals surface area contributed by atoms with E-state index in [0.29, 0.717) is 0 Å². The minimum Gasteiger partial charge on any atom is -0.0984 e. The Labute approximate surface area is 171 Å². The van der Waals surface area contributed by atoms with Crippen molar-refractivity contribution in [1.82, 2.24) is 0 Å². The highest BCUT2D eigenvalue weighted by molar-refractivity contribution is 5.81. The zero-order chi connectivity index (χ0) is 20.5. The summed E-state index contributed by atoms with van der Waals surface area (Å²) in [5.74, 6) is 0. The lowest BCUT2D eigenvalue weighted by Crippen LogP contribution is -1.92. The number of aryl methyl sites for hydroxylation is 2. The second kappa shape index (κ2) is 10.5. The van der Waals surface area contributed by atoms with Gasteiger partial charge in [0.25, 0.3) is 0 Å². The van der Waals surface area contributed by atoms with Gasteiger partial charge >= 0.3 is 0 Å². The maximum absolute atomic E-state index is 4.09. The average Bonchev–Trinajstić information content (AvgIpc) is 2.72. The molecular weight excluding hydrogens is 336 g/mol. The van der Waals surface area contributed by atoms with Crippen molar-refractivity contribution in [3.63, 3.8) is 0 Å². The molecule has 0 spiro atoms. The summed E-state index contributed by atoms with van der Waals surface area (Å²) in [4.78, 5) is 0. The van der Waals surface area contributed by atoms with Crippen molar-refractivity contribution >= 4 is 5.57 Å². The van der Waals surface area contributed by atoms with E-state index in [1.807, 2.05) is 13.0 Å². The first-order chi connectivity index (χ1) is 13.5. The second-order valence-electron chi connectivity index (χ2n) is 6.96. The van der Waals surface area contributed by atoms with Gasteiger partial charge < -0.3 is 0 Å². The SMILES string of the molecule is C=C\C(=C/C(=C\C)C(=C/C=C\C)/CC)c1ccc(C)c(-c2ccccc2C)c1. The Morgan fingerprint density at radius 3 is 2.29 bits per heavy atom. The zero-order valence-electron chi connectivity index (χ0n) is 17.9. The Balaban J connectivity index is 2.55. The van der Waals surface area contributed by atoms with Gasteiger partial charge in [0.2, 0.25) is 0 Å². The van der Waals surface area contributed by atoms with Crippen LogP contribution in [-0.2, 0) is 0 Å². The predicted octanol–water partition coefficient (Wildman–Crippen LogP) is 8.40. The Morgan fingerprint density at radius 1 is 0.964 bits per heavy atom. The molecule has 0 saturated heterocycles. The Kier molecular flexibility index (Phi) is 8.02. The van der Waals surface area contributed by atoms with Crippen LogP contribution in [0.25, 0.3) is 16.7 Å². The van der Waals surface area contributed by atoms with Gasteiger partial charge in [-0.15, -0.1) is 0 Å². The van der Waals surface area contributed by atoms with Crippen LogP contribution in [0.1, 0.15) is 43.9 Å². The molecule has 0 atom stereocenters. The van der Waals surface area contributed by atoms with E-state index >= 15 is 0 Å². The molecule has 0 amide bonds. The van der Waals surface area contributed by atoms with E-state index in [1.165, 1.54) is 39.0 Å². The highest BCUT2D eigenvalue weighted by Crippen LogP contribution is 2.31. The molecule has 0 aliphatic heterocycles. The van der Waals surface area contributed by atoms with Crippen molar-refractivity contribution in [3.8, 4) is 11.1 Å². The van der Waals surface area contributed by atoms with E-state index in [9.17, 15) is 0 Å². The van der Waals surface area contributed by atoms with Gasteiger partial charge in [0.1, 0.15) is 0 Å². The van der Waals surface area contributed by atoms with Crippen molar-refractivity contribution in [2.75, 3.05) is 0 Å². The minimum absolute atomic E-state index is 0.993. The van der Waals surface area contributed by atoms with Gasteiger partial charge in [-0.05, 0) is 90.8 Å². The molecule has 0 heteroatoms. The average molecular weight is 369 g/mol. The van der Waals surface area contributed by atoms with E-state index in [1.54, 1.807) is 0 Å². The molecule has 2 aromatic rings. The monoisotopic (exact) mass is 368 g/mol. The Morgan fingerprint density at radius 2 is 1.68 bits per heavy atom. The molecule has 0 bridgehead atoms. The van der Waals surface area contributed by atoms with Crippen LogP contribution in [0.5, 0.6) is 0 Å². The molecular formula is C28H32. The van der Waals surface area contributed by atoms with Crippen molar-refractivity contribution < 1.29 is 0 Å². The third-order valence-electron chi connectivity index (χ3n) is 5.09. The molecule has 144 valence electrons. The first-order valence-corrected chi connectivity index (χ1v) is 10.0. The first kappa shape index (κ1) is 21.4. The van der Waals surface area contributed by atoms with Gasteiger partial charge in [-0.25, -0.2) is 0 Å². The fraction of sp³-hybridized carbons (Fsp3) is 0.214. The molecule has 2 aromatic carbocycles. The smallest absolute Gasteiger partial charge is 0.0146 e. The third kappa shape index (κ3) is 5.10. The van der Waals surface area contributed by atoms with Crippen molar-refractivity contribution in [3.05, 3.63) is 113 Å². The Bertz CT molecular complexity index is 946. The lowest BCUT2D eigenvalue weighted by Gasteiger charge is -2.13. The summed E-state index contributed by atoms with van der Waals surface area (Å²) in [5.41, 5.74) is 10.1. The van der Waals surface area contributed by atoms with Gasteiger partial charge in [0, 0.05) is 0 Å². The van der Waals surface area contributed by atoms with Crippen LogP contribution >= 0.6 is 0 Å². The Hall–Kier alpha value is -2.86. The van der Waals surface area contributed by atoms with E-state index in [4.69, 9.17) is 0 Å². The molecule has 0 saturated carbocycles. The molecule has 0 nitrogen and oxygen atoms in total.